The van der Waals surface area contributed by atoms with Crippen molar-refractivity contribution in [3.05, 3.63) is 17.5 Å². The van der Waals surface area contributed by atoms with Crippen molar-refractivity contribution in [3.63, 3.8) is 0 Å². The summed E-state index contributed by atoms with van der Waals surface area (Å²) in [6.07, 6.45) is 6.76. The Labute approximate surface area is 120 Å². The molecule has 1 fully saturated rings. The maximum Gasteiger partial charge on any atom is 0.222 e. The average molecular weight is 279 g/mol. The molecule has 5 heteroatoms. The molecule has 0 atom stereocenters. The summed E-state index contributed by atoms with van der Waals surface area (Å²) in [5.74, 6) is 0.0913. The largest absolute Gasteiger partial charge is 0.388 e. The van der Waals surface area contributed by atoms with Gasteiger partial charge in [-0.05, 0) is 31.7 Å². The molecule has 0 aliphatic heterocycles. The molecule has 0 bridgehead atoms. The smallest absolute Gasteiger partial charge is 0.222 e. The number of likely N-dealkylation sites (N-methyl/N-ethyl adjacent to an activating group) is 1. The third kappa shape index (κ3) is 3.39. The van der Waals surface area contributed by atoms with Crippen LogP contribution in [0.3, 0.4) is 0 Å². The van der Waals surface area contributed by atoms with E-state index in [2.05, 4.69) is 5.10 Å². The Morgan fingerprint density at radius 1 is 1.50 bits per heavy atom. The number of nitrogens with zero attached hydrogens (tertiary/aromatic N) is 3. The van der Waals surface area contributed by atoms with E-state index in [0.29, 0.717) is 19.4 Å². The molecule has 1 aromatic rings. The molecule has 0 unspecified atom stereocenters. The second-order valence-electron chi connectivity index (χ2n) is 6.06. The van der Waals surface area contributed by atoms with E-state index in [9.17, 15) is 9.90 Å². The number of hydrogen-bond donors (Lipinski definition) is 1. The highest BCUT2D eigenvalue weighted by Gasteiger charge is 2.33. The lowest BCUT2D eigenvalue weighted by atomic mass is 10.0. The fourth-order valence-electron chi connectivity index (χ4n) is 2.94. The van der Waals surface area contributed by atoms with E-state index in [1.54, 1.807) is 11.9 Å². The number of aryl methyl sites for hydroxylation is 2. The SMILES string of the molecule is Cc1c(CCC(=O)N(C)CC2(O)CCCC2)cnn1C. The first-order valence-corrected chi connectivity index (χ1v) is 7.35. The Balaban J connectivity index is 1.83. The van der Waals surface area contributed by atoms with Crippen molar-refractivity contribution in [2.75, 3.05) is 13.6 Å². The minimum atomic E-state index is -0.658. The average Bonchev–Trinajstić information content (AvgIpc) is 2.95. The highest BCUT2D eigenvalue weighted by Crippen LogP contribution is 2.30. The van der Waals surface area contributed by atoms with Gasteiger partial charge in [-0.2, -0.15) is 5.10 Å². The zero-order valence-electron chi connectivity index (χ0n) is 12.7. The first kappa shape index (κ1) is 15.0. The van der Waals surface area contributed by atoms with Gasteiger partial charge in [0.25, 0.3) is 0 Å². The van der Waals surface area contributed by atoms with E-state index in [1.165, 1.54) is 0 Å². The van der Waals surface area contributed by atoms with Crippen LogP contribution in [0.15, 0.2) is 6.20 Å². The van der Waals surface area contributed by atoms with E-state index < -0.39 is 5.60 Å². The van der Waals surface area contributed by atoms with Gasteiger partial charge in [0.2, 0.25) is 5.91 Å². The van der Waals surface area contributed by atoms with E-state index in [1.807, 2.05) is 24.9 Å². The van der Waals surface area contributed by atoms with Crippen molar-refractivity contribution in [2.45, 2.75) is 51.0 Å². The van der Waals surface area contributed by atoms with Crippen molar-refractivity contribution in [1.82, 2.24) is 14.7 Å². The topological polar surface area (TPSA) is 58.4 Å². The van der Waals surface area contributed by atoms with Gasteiger partial charge in [-0.15, -0.1) is 0 Å². The van der Waals surface area contributed by atoms with Crippen LogP contribution in [0.4, 0.5) is 0 Å². The minimum Gasteiger partial charge on any atom is -0.388 e. The number of aliphatic hydroxyl groups is 1. The van der Waals surface area contributed by atoms with E-state index in [0.717, 1.165) is 36.9 Å². The first-order chi connectivity index (χ1) is 9.41. The van der Waals surface area contributed by atoms with Gasteiger partial charge in [0.15, 0.2) is 0 Å². The zero-order valence-corrected chi connectivity index (χ0v) is 12.7. The van der Waals surface area contributed by atoms with E-state index >= 15 is 0 Å². The van der Waals surface area contributed by atoms with Crippen molar-refractivity contribution in [3.8, 4) is 0 Å². The van der Waals surface area contributed by atoms with E-state index in [4.69, 9.17) is 0 Å². The lowest BCUT2D eigenvalue weighted by molar-refractivity contribution is -0.133. The predicted octanol–water partition coefficient (Wildman–Crippen LogP) is 1.42. The molecular weight excluding hydrogens is 254 g/mol. The molecule has 1 aromatic heterocycles. The molecule has 0 radical (unpaired) electrons. The molecule has 2 rings (SSSR count). The molecule has 0 saturated heterocycles. The third-order valence-electron chi connectivity index (χ3n) is 4.44. The number of rotatable bonds is 5. The Kier molecular flexibility index (Phi) is 4.48. The summed E-state index contributed by atoms with van der Waals surface area (Å²) in [6, 6.07) is 0. The first-order valence-electron chi connectivity index (χ1n) is 7.35. The lowest BCUT2D eigenvalue weighted by Crippen LogP contribution is -2.42. The van der Waals surface area contributed by atoms with Crippen LogP contribution < -0.4 is 0 Å². The number of aromatic nitrogens is 2. The molecular formula is C15H25N3O2. The summed E-state index contributed by atoms with van der Waals surface area (Å²) in [4.78, 5) is 13.8. The van der Waals surface area contributed by atoms with Crippen LogP contribution in [0.1, 0.15) is 43.4 Å². The molecule has 0 aromatic carbocycles. The second kappa shape index (κ2) is 5.95. The summed E-state index contributed by atoms with van der Waals surface area (Å²) in [7, 11) is 3.69. The Bertz CT molecular complexity index is 475. The molecule has 1 aliphatic carbocycles. The van der Waals surface area contributed by atoms with Crippen LogP contribution in [-0.4, -0.2) is 44.9 Å². The number of carbonyl (C=O) groups excluding carboxylic acids is 1. The monoisotopic (exact) mass is 279 g/mol. The van der Waals surface area contributed by atoms with Gasteiger partial charge < -0.3 is 10.0 Å². The van der Waals surface area contributed by atoms with Gasteiger partial charge in [0.1, 0.15) is 0 Å². The van der Waals surface area contributed by atoms with Crippen LogP contribution in [0, 0.1) is 6.92 Å². The van der Waals surface area contributed by atoms with Gasteiger partial charge in [-0.1, -0.05) is 12.8 Å². The van der Waals surface area contributed by atoms with Crippen LogP contribution in [-0.2, 0) is 18.3 Å². The molecule has 1 saturated carbocycles. The highest BCUT2D eigenvalue weighted by molar-refractivity contribution is 5.76. The van der Waals surface area contributed by atoms with Gasteiger partial charge in [-0.25, -0.2) is 0 Å². The second-order valence-corrected chi connectivity index (χ2v) is 6.06. The number of carbonyl (C=O) groups is 1. The molecule has 5 nitrogen and oxygen atoms in total. The maximum absolute atomic E-state index is 12.2. The molecule has 1 N–H and O–H groups in total. The van der Waals surface area contributed by atoms with Gasteiger partial charge in [0, 0.05) is 32.8 Å². The van der Waals surface area contributed by atoms with Crippen molar-refractivity contribution in [1.29, 1.82) is 0 Å². The third-order valence-corrected chi connectivity index (χ3v) is 4.44. The molecule has 1 heterocycles. The molecule has 1 aliphatic rings. The summed E-state index contributed by atoms with van der Waals surface area (Å²) in [6.45, 7) is 2.47. The Morgan fingerprint density at radius 3 is 2.70 bits per heavy atom. The van der Waals surface area contributed by atoms with Crippen LogP contribution in [0.2, 0.25) is 0 Å². The molecule has 1 amide bonds. The quantitative estimate of drug-likeness (QED) is 0.887. The Hall–Kier alpha value is -1.36. The minimum absolute atomic E-state index is 0.0913. The summed E-state index contributed by atoms with van der Waals surface area (Å²) >= 11 is 0. The number of hydrogen-bond acceptors (Lipinski definition) is 3. The highest BCUT2D eigenvalue weighted by atomic mass is 16.3. The van der Waals surface area contributed by atoms with Crippen LogP contribution >= 0.6 is 0 Å². The van der Waals surface area contributed by atoms with Gasteiger partial charge >= 0.3 is 0 Å². The fraction of sp³-hybridized carbons (Fsp3) is 0.733. The van der Waals surface area contributed by atoms with Crippen molar-refractivity contribution < 1.29 is 9.90 Å². The fourth-order valence-corrected chi connectivity index (χ4v) is 2.94. The molecule has 0 spiro atoms. The Morgan fingerprint density at radius 2 is 2.15 bits per heavy atom. The van der Waals surface area contributed by atoms with Crippen LogP contribution in [0.5, 0.6) is 0 Å². The van der Waals surface area contributed by atoms with Crippen LogP contribution in [0.25, 0.3) is 0 Å². The standard InChI is InChI=1S/C15H25N3O2/c1-12-13(10-16-18(12)3)6-7-14(19)17(2)11-15(20)8-4-5-9-15/h10,20H,4-9,11H2,1-3H3. The van der Waals surface area contributed by atoms with Crippen molar-refractivity contribution in [2.24, 2.45) is 7.05 Å². The van der Waals surface area contributed by atoms with Gasteiger partial charge in [0.05, 0.1) is 11.8 Å². The van der Waals surface area contributed by atoms with Gasteiger partial charge in [-0.3, -0.25) is 9.48 Å². The normalized spacial score (nSPS) is 17.4. The maximum atomic E-state index is 12.2. The zero-order chi connectivity index (χ0) is 14.8. The molecule has 20 heavy (non-hydrogen) atoms. The van der Waals surface area contributed by atoms with E-state index in [-0.39, 0.29) is 5.91 Å². The molecule has 112 valence electrons. The summed E-state index contributed by atoms with van der Waals surface area (Å²) < 4.78 is 1.82. The lowest BCUT2D eigenvalue weighted by Gasteiger charge is -2.28. The number of amides is 1. The van der Waals surface area contributed by atoms with Crippen molar-refractivity contribution >= 4 is 5.91 Å². The summed E-state index contributed by atoms with van der Waals surface area (Å²) in [5.41, 5.74) is 1.57. The summed E-state index contributed by atoms with van der Waals surface area (Å²) in [5, 5.41) is 14.5. The predicted molar refractivity (Wildman–Crippen MR) is 77.3 cm³/mol.